The number of benzene rings is 1. The maximum atomic E-state index is 9.45. The van der Waals surface area contributed by atoms with Crippen molar-refractivity contribution < 1.29 is 5.11 Å². The van der Waals surface area contributed by atoms with Gasteiger partial charge in [0.05, 0.1) is 22.8 Å². The molecule has 1 aromatic carbocycles. The van der Waals surface area contributed by atoms with Crippen LogP contribution in [0.4, 0.5) is 5.69 Å². The topological polar surface area (TPSA) is 45.1 Å². The number of aliphatic hydroxyl groups is 1. The van der Waals surface area contributed by atoms with Crippen molar-refractivity contribution in [1.29, 1.82) is 0 Å². The highest BCUT2D eigenvalue weighted by Crippen LogP contribution is 2.21. The van der Waals surface area contributed by atoms with E-state index in [0.29, 0.717) is 0 Å². The van der Waals surface area contributed by atoms with E-state index in [1.165, 1.54) is 5.56 Å². The second kappa shape index (κ2) is 6.52. The highest BCUT2D eigenvalue weighted by Gasteiger charge is 2.09. The first kappa shape index (κ1) is 13.1. The van der Waals surface area contributed by atoms with Crippen LogP contribution in [0.3, 0.4) is 0 Å². The molecular weight excluding hydrogens is 292 g/mol. The van der Waals surface area contributed by atoms with E-state index in [-0.39, 0.29) is 12.6 Å². The van der Waals surface area contributed by atoms with Gasteiger partial charge in [0, 0.05) is 12.4 Å². The third-order valence-corrected chi connectivity index (χ3v) is 3.31. The summed E-state index contributed by atoms with van der Waals surface area (Å²) in [6.07, 6.45) is 4.25. The van der Waals surface area contributed by atoms with Gasteiger partial charge in [0.15, 0.2) is 0 Å². The number of nitrogens with zero attached hydrogens (tertiary/aromatic N) is 1. The van der Waals surface area contributed by atoms with Gasteiger partial charge in [-0.25, -0.2) is 0 Å². The predicted octanol–water partition coefficient (Wildman–Crippen LogP) is 2.86. The summed E-state index contributed by atoms with van der Waals surface area (Å²) in [6, 6.07) is 12.0. The van der Waals surface area contributed by atoms with Gasteiger partial charge in [-0.2, -0.15) is 0 Å². The first-order chi connectivity index (χ1) is 8.79. The molecule has 1 heterocycles. The maximum Gasteiger partial charge on any atom is 0.0636 e. The third kappa shape index (κ3) is 3.55. The van der Waals surface area contributed by atoms with Crippen LogP contribution in [0.1, 0.15) is 5.56 Å². The van der Waals surface area contributed by atoms with Gasteiger partial charge in [-0.1, -0.05) is 30.3 Å². The van der Waals surface area contributed by atoms with Gasteiger partial charge in [-0.05, 0) is 34.0 Å². The number of hydrogen-bond acceptors (Lipinski definition) is 3. The average molecular weight is 307 g/mol. The lowest BCUT2D eigenvalue weighted by molar-refractivity contribution is 0.273. The maximum absolute atomic E-state index is 9.45. The molecule has 0 saturated heterocycles. The lowest BCUT2D eigenvalue weighted by Crippen LogP contribution is -2.26. The Labute approximate surface area is 115 Å². The molecule has 1 aromatic heterocycles. The van der Waals surface area contributed by atoms with Crippen LogP contribution in [0, 0.1) is 0 Å². The zero-order chi connectivity index (χ0) is 12.8. The summed E-state index contributed by atoms with van der Waals surface area (Å²) < 4.78 is 0.900. The zero-order valence-electron chi connectivity index (χ0n) is 9.88. The van der Waals surface area contributed by atoms with Crippen molar-refractivity contribution >= 4 is 21.6 Å². The standard InChI is InChI=1S/C14H15BrN2O/c15-13-9-16-7-6-14(13)17-12(10-18)8-11-4-2-1-3-5-11/h1-7,9,12,18H,8,10H2,(H,16,17). The number of halogens is 1. The molecular formula is C14H15BrN2O. The van der Waals surface area contributed by atoms with Gasteiger partial charge in [0.1, 0.15) is 0 Å². The molecule has 2 aromatic rings. The number of aliphatic hydroxyl groups excluding tert-OH is 1. The molecule has 0 aliphatic rings. The molecule has 0 spiro atoms. The Balaban J connectivity index is 2.04. The van der Waals surface area contributed by atoms with Crippen LogP contribution in [-0.2, 0) is 6.42 Å². The highest BCUT2D eigenvalue weighted by molar-refractivity contribution is 9.10. The molecule has 0 saturated carbocycles. The van der Waals surface area contributed by atoms with Crippen molar-refractivity contribution in [3.05, 3.63) is 58.8 Å². The fourth-order valence-corrected chi connectivity index (χ4v) is 2.14. The molecule has 0 aliphatic heterocycles. The lowest BCUT2D eigenvalue weighted by atomic mass is 10.1. The normalized spacial score (nSPS) is 12.1. The molecule has 3 nitrogen and oxygen atoms in total. The average Bonchev–Trinajstić information content (AvgIpc) is 2.41. The van der Waals surface area contributed by atoms with Crippen molar-refractivity contribution in [2.75, 3.05) is 11.9 Å². The van der Waals surface area contributed by atoms with Gasteiger partial charge >= 0.3 is 0 Å². The molecule has 94 valence electrons. The molecule has 18 heavy (non-hydrogen) atoms. The summed E-state index contributed by atoms with van der Waals surface area (Å²) in [6.45, 7) is 0.0870. The summed E-state index contributed by atoms with van der Waals surface area (Å²) in [5.74, 6) is 0. The fourth-order valence-electron chi connectivity index (χ4n) is 1.77. The number of rotatable bonds is 5. The van der Waals surface area contributed by atoms with E-state index in [1.807, 2.05) is 24.3 Å². The molecule has 1 atom stereocenters. The van der Waals surface area contributed by atoms with Crippen molar-refractivity contribution in [2.24, 2.45) is 0 Å². The van der Waals surface area contributed by atoms with Gasteiger partial charge in [-0.15, -0.1) is 0 Å². The first-order valence-corrected chi connectivity index (χ1v) is 6.59. The Hall–Kier alpha value is -1.39. The Bertz CT molecular complexity index is 490. The molecule has 0 fully saturated rings. The Morgan fingerprint density at radius 3 is 2.67 bits per heavy atom. The van der Waals surface area contributed by atoms with Crippen molar-refractivity contribution in [3.63, 3.8) is 0 Å². The van der Waals surface area contributed by atoms with Crippen molar-refractivity contribution in [2.45, 2.75) is 12.5 Å². The van der Waals surface area contributed by atoms with E-state index in [4.69, 9.17) is 0 Å². The minimum Gasteiger partial charge on any atom is -0.394 e. The number of anilines is 1. The van der Waals surface area contributed by atoms with Crippen LogP contribution in [-0.4, -0.2) is 22.7 Å². The number of pyridine rings is 1. The molecule has 2 N–H and O–H groups in total. The van der Waals surface area contributed by atoms with Crippen LogP contribution >= 0.6 is 15.9 Å². The molecule has 4 heteroatoms. The molecule has 0 aliphatic carbocycles. The van der Waals surface area contributed by atoms with Crippen LogP contribution in [0.2, 0.25) is 0 Å². The second-order valence-electron chi connectivity index (χ2n) is 4.07. The SMILES string of the molecule is OCC(Cc1ccccc1)Nc1ccncc1Br. The van der Waals surface area contributed by atoms with E-state index in [9.17, 15) is 5.11 Å². The van der Waals surface area contributed by atoms with Crippen LogP contribution in [0.5, 0.6) is 0 Å². The van der Waals surface area contributed by atoms with Gasteiger partial charge in [0.2, 0.25) is 0 Å². The van der Waals surface area contributed by atoms with Crippen LogP contribution < -0.4 is 5.32 Å². The Kier molecular flexibility index (Phi) is 4.73. The summed E-state index contributed by atoms with van der Waals surface area (Å²) in [7, 11) is 0. The molecule has 2 rings (SSSR count). The smallest absolute Gasteiger partial charge is 0.0636 e. The number of nitrogens with one attached hydrogen (secondary N) is 1. The van der Waals surface area contributed by atoms with E-state index in [0.717, 1.165) is 16.6 Å². The Morgan fingerprint density at radius 1 is 1.22 bits per heavy atom. The van der Waals surface area contributed by atoms with Crippen molar-refractivity contribution in [1.82, 2.24) is 4.98 Å². The highest BCUT2D eigenvalue weighted by atomic mass is 79.9. The minimum atomic E-state index is -0.00824. The van der Waals surface area contributed by atoms with E-state index < -0.39 is 0 Å². The van der Waals surface area contributed by atoms with Crippen LogP contribution in [0.25, 0.3) is 0 Å². The largest absolute Gasteiger partial charge is 0.394 e. The predicted molar refractivity (Wildman–Crippen MR) is 76.6 cm³/mol. The minimum absolute atomic E-state index is 0.00824. The quantitative estimate of drug-likeness (QED) is 0.893. The van der Waals surface area contributed by atoms with E-state index >= 15 is 0 Å². The second-order valence-corrected chi connectivity index (χ2v) is 4.92. The first-order valence-electron chi connectivity index (χ1n) is 5.80. The molecule has 0 bridgehead atoms. The monoisotopic (exact) mass is 306 g/mol. The zero-order valence-corrected chi connectivity index (χ0v) is 11.5. The van der Waals surface area contributed by atoms with E-state index in [2.05, 4.69) is 38.4 Å². The van der Waals surface area contributed by atoms with Gasteiger partial charge in [0.25, 0.3) is 0 Å². The van der Waals surface area contributed by atoms with Crippen molar-refractivity contribution in [3.8, 4) is 0 Å². The third-order valence-electron chi connectivity index (χ3n) is 2.68. The van der Waals surface area contributed by atoms with Gasteiger partial charge < -0.3 is 10.4 Å². The van der Waals surface area contributed by atoms with E-state index in [1.54, 1.807) is 12.4 Å². The van der Waals surface area contributed by atoms with Gasteiger partial charge in [-0.3, -0.25) is 4.98 Å². The summed E-state index contributed by atoms with van der Waals surface area (Å²) in [4.78, 5) is 4.01. The Morgan fingerprint density at radius 2 is 2.00 bits per heavy atom. The fraction of sp³-hybridized carbons (Fsp3) is 0.214. The summed E-state index contributed by atoms with van der Waals surface area (Å²) >= 11 is 3.43. The molecule has 0 amide bonds. The molecule has 1 unspecified atom stereocenters. The lowest BCUT2D eigenvalue weighted by Gasteiger charge is -2.18. The summed E-state index contributed by atoms with van der Waals surface area (Å²) in [5, 5.41) is 12.8. The van der Waals surface area contributed by atoms with Crippen LogP contribution in [0.15, 0.2) is 53.3 Å². The summed E-state index contributed by atoms with van der Waals surface area (Å²) in [5.41, 5.74) is 2.15. The number of hydrogen-bond donors (Lipinski definition) is 2. The number of aromatic nitrogens is 1. The molecule has 0 radical (unpaired) electrons.